The Kier molecular flexibility index (Phi) is 8.55. The van der Waals surface area contributed by atoms with Gasteiger partial charge in [0.25, 0.3) is 5.91 Å². The van der Waals surface area contributed by atoms with E-state index in [2.05, 4.69) is 20.7 Å². The normalized spacial score (nSPS) is 10.9. The van der Waals surface area contributed by atoms with E-state index in [0.717, 1.165) is 11.3 Å². The van der Waals surface area contributed by atoms with Crippen molar-refractivity contribution in [1.29, 1.82) is 0 Å². The van der Waals surface area contributed by atoms with Crippen LogP contribution in [-0.2, 0) is 9.59 Å². The summed E-state index contributed by atoms with van der Waals surface area (Å²) in [6, 6.07) is 21.9. The average molecular weight is 536 g/mol. The molecule has 0 unspecified atom stereocenters. The Morgan fingerprint density at radius 1 is 1.05 bits per heavy atom. The Bertz CT molecular complexity index is 1420. The summed E-state index contributed by atoms with van der Waals surface area (Å²) in [4.78, 5) is 23.7. The summed E-state index contributed by atoms with van der Waals surface area (Å²) < 4.78 is 12.2. The number of hydrogen-bond donors (Lipinski definition) is 1. The van der Waals surface area contributed by atoms with E-state index in [9.17, 15) is 9.59 Å². The van der Waals surface area contributed by atoms with Crippen LogP contribution >= 0.6 is 23.4 Å². The van der Waals surface area contributed by atoms with Gasteiger partial charge in [-0.2, -0.15) is 5.10 Å². The molecule has 1 amide bonds. The zero-order valence-corrected chi connectivity index (χ0v) is 21.5. The molecule has 4 aromatic rings. The third kappa shape index (κ3) is 6.75. The average Bonchev–Trinajstić information content (AvgIpc) is 3.33. The van der Waals surface area contributed by atoms with Crippen LogP contribution < -0.4 is 14.9 Å². The standard InChI is InChI=1S/C26H22ClN5O4S/c1-17(33)36-22-13-8-18(14-23(22)35-2)15-28-29-24(34)16-37-26-31-30-25(19-6-4-3-5-7-19)32(26)21-11-9-20(27)10-12-21/h3-15H,16H2,1-2H3,(H,29,34). The number of esters is 1. The number of nitrogens with zero attached hydrogens (tertiary/aromatic N) is 4. The Hall–Kier alpha value is -4.15. The Morgan fingerprint density at radius 2 is 1.81 bits per heavy atom. The summed E-state index contributed by atoms with van der Waals surface area (Å²) >= 11 is 7.30. The highest BCUT2D eigenvalue weighted by Crippen LogP contribution is 2.29. The molecule has 0 aliphatic heterocycles. The van der Waals surface area contributed by atoms with Crippen LogP contribution in [0.4, 0.5) is 0 Å². The lowest BCUT2D eigenvalue weighted by Gasteiger charge is -2.10. The zero-order valence-electron chi connectivity index (χ0n) is 19.9. The molecule has 0 bridgehead atoms. The lowest BCUT2D eigenvalue weighted by molar-refractivity contribution is -0.132. The molecule has 9 nitrogen and oxygen atoms in total. The summed E-state index contributed by atoms with van der Waals surface area (Å²) in [5.41, 5.74) is 4.86. The van der Waals surface area contributed by atoms with E-state index in [1.165, 1.54) is 32.0 Å². The van der Waals surface area contributed by atoms with Crippen LogP contribution in [0.5, 0.6) is 11.5 Å². The second-order valence-electron chi connectivity index (χ2n) is 7.57. The smallest absolute Gasteiger partial charge is 0.308 e. The van der Waals surface area contributed by atoms with Crippen LogP contribution in [0.2, 0.25) is 5.02 Å². The summed E-state index contributed by atoms with van der Waals surface area (Å²) in [5, 5.41) is 13.8. The predicted molar refractivity (Wildman–Crippen MR) is 143 cm³/mol. The van der Waals surface area contributed by atoms with Crippen LogP contribution in [0.3, 0.4) is 0 Å². The molecule has 0 aliphatic carbocycles. The number of ether oxygens (including phenoxy) is 2. The fourth-order valence-electron chi connectivity index (χ4n) is 3.31. The van der Waals surface area contributed by atoms with Crippen LogP contribution in [0.1, 0.15) is 12.5 Å². The fraction of sp³-hybridized carbons (Fsp3) is 0.115. The van der Waals surface area contributed by atoms with Gasteiger partial charge in [-0.3, -0.25) is 14.2 Å². The first-order valence-electron chi connectivity index (χ1n) is 11.0. The number of amides is 1. The molecule has 0 fully saturated rings. The molecule has 0 atom stereocenters. The number of rotatable bonds is 9. The largest absolute Gasteiger partial charge is 0.493 e. The van der Waals surface area contributed by atoms with Crippen LogP contribution in [-0.4, -0.2) is 45.7 Å². The van der Waals surface area contributed by atoms with Crippen molar-refractivity contribution in [2.45, 2.75) is 12.1 Å². The van der Waals surface area contributed by atoms with Crippen molar-refractivity contribution in [2.75, 3.05) is 12.9 Å². The second kappa shape index (κ2) is 12.2. The first-order valence-corrected chi connectivity index (χ1v) is 12.4. The molecule has 0 saturated carbocycles. The van der Waals surface area contributed by atoms with Gasteiger partial charge in [-0.05, 0) is 48.0 Å². The van der Waals surface area contributed by atoms with Gasteiger partial charge in [0.2, 0.25) is 0 Å². The number of carbonyl (C=O) groups excluding carboxylic acids is 2. The molecule has 188 valence electrons. The van der Waals surface area contributed by atoms with Gasteiger partial charge in [-0.1, -0.05) is 53.7 Å². The minimum Gasteiger partial charge on any atom is -0.493 e. The van der Waals surface area contributed by atoms with Gasteiger partial charge in [0.1, 0.15) is 0 Å². The highest BCUT2D eigenvalue weighted by molar-refractivity contribution is 7.99. The molecule has 11 heteroatoms. The van der Waals surface area contributed by atoms with Gasteiger partial charge in [0.15, 0.2) is 22.5 Å². The van der Waals surface area contributed by atoms with E-state index in [4.69, 9.17) is 21.1 Å². The quantitative estimate of drug-likeness (QED) is 0.108. The van der Waals surface area contributed by atoms with Gasteiger partial charge in [0, 0.05) is 23.2 Å². The predicted octanol–water partition coefficient (Wildman–Crippen LogP) is 4.76. The molecule has 0 saturated heterocycles. The minimum atomic E-state index is -0.452. The van der Waals surface area contributed by atoms with E-state index in [1.54, 1.807) is 30.3 Å². The molecule has 0 spiro atoms. The maximum atomic E-state index is 12.5. The summed E-state index contributed by atoms with van der Waals surface area (Å²) in [6.07, 6.45) is 1.46. The highest BCUT2D eigenvalue weighted by atomic mass is 35.5. The van der Waals surface area contributed by atoms with E-state index in [1.807, 2.05) is 47.0 Å². The molecule has 0 aliphatic rings. The lowest BCUT2D eigenvalue weighted by atomic mass is 10.2. The first kappa shape index (κ1) is 25.9. The topological polar surface area (TPSA) is 108 Å². The lowest BCUT2D eigenvalue weighted by Crippen LogP contribution is -2.20. The van der Waals surface area contributed by atoms with Crippen molar-refractivity contribution in [3.05, 3.63) is 83.4 Å². The number of methoxy groups -OCH3 is 1. The maximum Gasteiger partial charge on any atom is 0.308 e. The van der Waals surface area contributed by atoms with Gasteiger partial charge in [0.05, 0.1) is 19.1 Å². The maximum absolute atomic E-state index is 12.5. The highest BCUT2D eigenvalue weighted by Gasteiger charge is 2.17. The molecular weight excluding hydrogens is 514 g/mol. The summed E-state index contributed by atoms with van der Waals surface area (Å²) in [7, 11) is 1.47. The van der Waals surface area contributed by atoms with E-state index >= 15 is 0 Å². The number of benzene rings is 3. The van der Waals surface area contributed by atoms with E-state index in [0.29, 0.717) is 33.1 Å². The van der Waals surface area contributed by atoms with Crippen LogP contribution in [0, 0.1) is 0 Å². The van der Waals surface area contributed by atoms with Gasteiger partial charge >= 0.3 is 5.97 Å². The van der Waals surface area contributed by atoms with Gasteiger partial charge < -0.3 is 9.47 Å². The van der Waals surface area contributed by atoms with E-state index < -0.39 is 5.97 Å². The molecule has 37 heavy (non-hydrogen) atoms. The van der Waals surface area contributed by atoms with E-state index in [-0.39, 0.29) is 11.7 Å². The zero-order chi connectivity index (χ0) is 26.2. The minimum absolute atomic E-state index is 0.0621. The van der Waals surface area contributed by atoms with Crippen molar-refractivity contribution in [3.8, 4) is 28.6 Å². The van der Waals surface area contributed by atoms with Crippen molar-refractivity contribution < 1.29 is 19.1 Å². The molecule has 1 N–H and O–H groups in total. The number of nitrogens with one attached hydrogen (secondary N) is 1. The second-order valence-corrected chi connectivity index (χ2v) is 8.95. The molecule has 1 heterocycles. The molecule has 0 radical (unpaired) electrons. The molecule has 3 aromatic carbocycles. The van der Waals surface area contributed by atoms with Crippen LogP contribution in [0.15, 0.2) is 83.1 Å². The van der Waals surface area contributed by atoms with Crippen molar-refractivity contribution in [2.24, 2.45) is 5.10 Å². The number of aromatic nitrogens is 3. The summed E-state index contributed by atoms with van der Waals surface area (Å²) in [6.45, 7) is 1.31. The summed E-state index contributed by atoms with van der Waals surface area (Å²) in [5.74, 6) is 0.606. The van der Waals surface area contributed by atoms with Crippen molar-refractivity contribution in [1.82, 2.24) is 20.2 Å². The number of halogens is 1. The fourth-order valence-corrected chi connectivity index (χ4v) is 4.18. The Balaban J connectivity index is 1.45. The van der Waals surface area contributed by atoms with Crippen molar-refractivity contribution in [3.63, 3.8) is 0 Å². The van der Waals surface area contributed by atoms with Crippen molar-refractivity contribution >= 4 is 41.5 Å². The van der Waals surface area contributed by atoms with Crippen LogP contribution in [0.25, 0.3) is 17.1 Å². The molecule has 1 aromatic heterocycles. The SMILES string of the molecule is COc1cc(C=NNC(=O)CSc2nnc(-c3ccccc3)n2-c2ccc(Cl)cc2)ccc1OC(C)=O. The van der Waals surface area contributed by atoms with Gasteiger partial charge in [-0.25, -0.2) is 5.43 Å². The third-order valence-electron chi connectivity index (χ3n) is 4.93. The Morgan fingerprint density at radius 3 is 2.51 bits per heavy atom. The third-order valence-corrected chi connectivity index (χ3v) is 6.11. The Labute approximate surface area is 222 Å². The number of thioether (sulfide) groups is 1. The number of carbonyl (C=O) groups is 2. The first-order chi connectivity index (χ1) is 17.9. The number of hydrogen-bond acceptors (Lipinski definition) is 8. The van der Waals surface area contributed by atoms with Gasteiger partial charge in [-0.15, -0.1) is 10.2 Å². The monoisotopic (exact) mass is 535 g/mol. The molecule has 4 rings (SSSR count). The molecular formula is C26H22ClN5O4S. The number of hydrazone groups is 1.